The number of primary amides is 1. The minimum Gasteiger partial charge on any atom is -0.490 e. The van der Waals surface area contributed by atoms with Crippen molar-refractivity contribution in [3.63, 3.8) is 0 Å². The summed E-state index contributed by atoms with van der Waals surface area (Å²) in [5.74, 6) is -7.05. The Morgan fingerprint density at radius 3 is 2.19 bits per heavy atom. The minimum atomic E-state index is -4.61. The largest absolute Gasteiger partial charge is 0.490 e. The van der Waals surface area contributed by atoms with E-state index in [-0.39, 0.29) is 15.9 Å². The average molecular weight is 678 g/mol. The van der Waals surface area contributed by atoms with Crippen molar-refractivity contribution < 1.29 is 55.3 Å². The van der Waals surface area contributed by atoms with Gasteiger partial charge >= 0.3 is 18.2 Å². The number of nitrogens with zero attached hydrogens (tertiary/aromatic N) is 2. The second kappa shape index (κ2) is 12.2. The molecular formula is C27H25BrF5N3O7. The zero-order valence-corrected chi connectivity index (χ0v) is 24.6. The van der Waals surface area contributed by atoms with Gasteiger partial charge in [0.05, 0.1) is 12.2 Å². The van der Waals surface area contributed by atoms with Crippen LogP contribution in [-0.4, -0.2) is 52.2 Å². The molecule has 0 saturated carbocycles. The third-order valence-electron chi connectivity index (χ3n) is 6.04. The van der Waals surface area contributed by atoms with Gasteiger partial charge in [-0.1, -0.05) is 12.1 Å². The number of aromatic nitrogens is 1. The zero-order valence-electron chi connectivity index (χ0n) is 23.0. The number of alkyl halides is 3. The number of hydrogen-bond donors (Lipinski definition) is 2. The van der Waals surface area contributed by atoms with Gasteiger partial charge in [0.1, 0.15) is 22.7 Å². The van der Waals surface area contributed by atoms with Crippen LogP contribution in [0.1, 0.15) is 49.0 Å². The fourth-order valence-corrected chi connectivity index (χ4v) is 4.37. The van der Waals surface area contributed by atoms with Crippen LogP contribution in [0.4, 0.5) is 26.7 Å². The van der Waals surface area contributed by atoms with Gasteiger partial charge in [0.2, 0.25) is 11.4 Å². The fraction of sp³-hybridized carbons (Fsp3) is 0.333. The first-order valence-corrected chi connectivity index (χ1v) is 13.0. The molecule has 1 heterocycles. The molecule has 0 radical (unpaired) electrons. The summed E-state index contributed by atoms with van der Waals surface area (Å²) >= 11 is 3.09. The van der Waals surface area contributed by atoms with Gasteiger partial charge in [-0.05, 0) is 61.0 Å². The number of likely N-dealkylation sites (N-methyl/N-ethyl adjacent to an activating group) is 1. The molecule has 1 atom stereocenters. The van der Waals surface area contributed by atoms with Gasteiger partial charge in [-0.25, -0.2) is 23.4 Å². The summed E-state index contributed by atoms with van der Waals surface area (Å²) in [5.41, 5.74) is -0.553. The van der Waals surface area contributed by atoms with Crippen molar-refractivity contribution in [1.29, 1.82) is 0 Å². The first kappa shape index (κ1) is 33.3. The van der Waals surface area contributed by atoms with Gasteiger partial charge in [-0.2, -0.15) is 13.2 Å². The molecule has 232 valence electrons. The van der Waals surface area contributed by atoms with Crippen molar-refractivity contribution in [3.05, 3.63) is 69.7 Å². The van der Waals surface area contributed by atoms with Crippen molar-refractivity contribution in [2.45, 2.75) is 44.5 Å². The van der Waals surface area contributed by atoms with E-state index in [4.69, 9.17) is 19.6 Å². The van der Waals surface area contributed by atoms with E-state index in [1.165, 1.54) is 20.8 Å². The normalized spacial score (nSPS) is 13.3. The first-order chi connectivity index (χ1) is 19.8. The number of carboxylic acids is 1. The minimum absolute atomic E-state index is 0.0939. The Morgan fingerprint density at radius 1 is 1.07 bits per heavy atom. The summed E-state index contributed by atoms with van der Waals surface area (Å²) < 4.78 is 83.8. The van der Waals surface area contributed by atoms with Crippen LogP contribution >= 0.6 is 15.9 Å². The van der Waals surface area contributed by atoms with Gasteiger partial charge in [-0.3, -0.25) is 9.69 Å². The number of ether oxygens (including phenoxy) is 2. The molecule has 10 nitrogen and oxygen atoms in total. The second-order valence-corrected chi connectivity index (χ2v) is 10.8. The van der Waals surface area contributed by atoms with E-state index in [9.17, 15) is 41.4 Å². The fourth-order valence-electron chi connectivity index (χ4n) is 3.90. The molecule has 0 fully saturated rings. The van der Waals surface area contributed by atoms with Crippen LogP contribution in [0, 0.1) is 11.6 Å². The monoisotopic (exact) mass is 677 g/mol. The number of carbonyl (C=O) groups excluding carboxylic acids is 2. The van der Waals surface area contributed by atoms with E-state index in [1.807, 2.05) is 0 Å². The Kier molecular flexibility index (Phi) is 9.43. The van der Waals surface area contributed by atoms with Gasteiger partial charge in [0, 0.05) is 19.0 Å². The highest BCUT2D eigenvalue weighted by Gasteiger charge is 2.52. The van der Waals surface area contributed by atoms with E-state index in [0.29, 0.717) is 4.90 Å². The lowest BCUT2D eigenvalue weighted by molar-refractivity contribution is -0.154. The summed E-state index contributed by atoms with van der Waals surface area (Å²) in [6, 6.07) is 5.33. The summed E-state index contributed by atoms with van der Waals surface area (Å²) in [6.45, 7) is 3.92. The van der Waals surface area contributed by atoms with Gasteiger partial charge < -0.3 is 24.7 Å². The number of rotatable bonds is 9. The molecular weight excluding hydrogens is 653 g/mol. The lowest BCUT2D eigenvalue weighted by Crippen LogP contribution is -2.55. The maximum absolute atomic E-state index is 14.7. The van der Waals surface area contributed by atoms with Gasteiger partial charge in [-0.15, -0.1) is 0 Å². The van der Waals surface area contributed by atoms with Crippen molar-refractivity contribution in [3.8, 4) is 17.0 Å². The molecule has 2 amide bonds. The number of carbonyl (C=O) groups is 3. The third-order valence-corrected chi connectivity index (χ3v) is 6.58. The number of hydrogen-bond acceptors (Lipinski definition) is 7. The smallest absolute Gasteiger partial charge is 0.416 e. The molecule has 0 aliphatic rings. The van der Waals surface area contributed by atoms with E-state index < -0.39 is 82.7 Å². The van der Waals surface area contributed by atoms with Crippen LogP contribution in [0.25, 0.3) is 11.3 Å². The van der Waals surface area contributed by atoms with Crippen LogP contribution in [0.3, 0.4) is 0 Å². The van der Waals surface area contributed by atoms with Crippen molar-refractivity contribution in [2.24, 2.45) is 5.73 Å². The molecule has 16 heteroatoms. The quantitative estimate of drug-likeness (QED) is 0.258. The number of carboxylic acid groups (broad SMARTS) is 1. The molecule has 0 saturated heterocycles. The van der Waals surface area contributed by atoms with Gasteiger partial charge in [0.15, 0.2) is 16.2 Å². The number of nitrogens with two attached hydrogens (primary N) is 1. The Morgan fingerprint density at radius 2 is 1.67 bits per heavy atom. The van der Waals surface area contributed by atoms with Crippen LogP contribution in [0.5, 0.6) is 5.75 Å². The van der Waals surface area contributed by atoms with Crippen LogP contribution < -0.4 is 10.5 Å². The number of halogens is 6. The maximum Gasteiger partial charge on any atom is 0.416 e. The third kappa shape index (κ3) is 7.06. The van der Waals surface area contributed by atoms with Crippen LogP contribution in [0.15, 0.2) is 45.5 Å². The molecule has 1 unspecified atom stereocenters. The molecule has 3 rings (SSSR count). The predicted octanol–water partition coefficient (Wildman–Crippen LogP) is 6.12. The Labute approximate surface area is 249 Å². The molecule has 1 aromatic heterocycles. The molecule has 2 aromatic carbocycles. The highest BCUT2D eigenvalue weighted by Crippen LogP contribution is 2.39. The Balaban J connectivity index is 2.08. The number of oxazole rings is 1. The molecule has 0 spiro atoms. The standard InChI is InChI=1S/C27H25BrF5N3O7/c1-25(2,3)43-24(40)36(4)26(23(38)39,11-12-41-16-10-9-15(29)17(18(16)30)21(34)37)22-35-19(20(28)42-22)13-5-7-14(8-6-13)27(31,32)33/h5-10H,11-12H2,1-4H3,(H2,34,37)(H,38,39). The molecule has 0 aliphatic heterocycles. The van der Waals surface area contributed by atoms with E-state index in [1.54, 1.807) is 0 Å². The molecule has 3 aromatic rings. The Bertz CT molecular complexity index is 1540. The summed E-state index contributed by atoms with van der Waals surface area (Å²) in [7, 11) is 1.07. The van der Waals surface area contributed by atoms with E-state index >= 15 is 0 Å². The van der Waals surface area contributed by atoms with E-state index in [2.05, 4.69) is 20.9 Å². The zero-order chi connectivity index (χ0) is 32.5. The number of benzene rings is 2. The summed E-state index contributed by atoms with van der Waals surface area (Å²) in [6.07, 6.45) is -6.42. The Hall–Kier alpha value is -4.21. The lowest BCUT2D eigenvalue weighted by Gasteiger charge is -2.36. The number of aliphatic carboxylic acids is 1. The number of amides is 2. The van der Waals surface area contributed by atoms with Gasteiger partial charge in [0.25, 0.3) is 5.91 Å². The second-order valence-electron chi connectivity index (χ2n) is 10.1. The average Bonchev–Trinajstić information content (AvgIpc) is 3.27. The first-order valence-electron chi connectivity index (χ1n) is 12.2. The highest BCUT2D eigenvalue weighted by molar-refractivity contribution is 9.10. The topological polar surface area (TPSA) is 145 Å². The lowest BCUT2D eigenvalue weighted by atomic mass is 9.93. The summed E-state index contributed by atoms with van der Waals surface area (Å²) in [5, 5.41) is 10.5. The van der Waals surface area contributed by atoms with Crippen molar-refractivity contribution >= 4 is 33.9 Å². The van der Waals surface area contributed by atoms with Crippen molar-refractivity contribution in [1.82, 2.24) is 9.88 Å². The molecule has 3 N–H and O–H groups in total. The molecule has 43 heavy (non-hydrogen) atoms. The molecule has 0 aliphatic carbocycles. The van der Waals surface area contributed by atoms with Crippen LogP contribution in [-0.2, 0) is 21.2 Å². The predicted molar refractivity (Wildman–Crippen MR) is 143 cm³/mol. The highest BCUT2D eigenvalue weighted by atomic mass is 79.9. The maximum atomic E-state index is 14.7. The van der Waals surface area contributed by atoms with Crippen LogP contribution in [0.2, 0.25) is 0 Å². The van der Waals surface area contributed by atoms with E-state index in [0.717, 1.165) is 43.4 Å². The van der Waals surface area contributed by atoms with Crippen molar-refractivity contribution in [2.75, 3.05) is 13.7 Å². The summed E-state index contributed by atoms with van der Waals surface area (Å²) in [4.78, 5) is 42.3. The molecule has 0 bridgehead atoms. The SMILES string of the molecule is CN(C(=O)OC(C)(C)C)C(CCOc1ccc(F)c(C(N)=O)c1F)(C(=O)O)c1nc(-c2ccc(C(F)(F)F)cc2)c(Br)o1.